The predicted octanol–water partition coefficient (Wildman–Crippen LogP) is 5.64. The first kappa shape index (κ1) is 27.0. The Bertz CT molecular complexity index is 1040. The lowest BCUT2D eigenvalue weighted by atomic mass is 9.78. The molecule has 1 heterocycles. The monoisotopic (exact) mass is 518 g/mol. The lowest BCUT2D eigenvalue weighted by molar-refractivity contribution is -0.190. The molecular formula is C28H33F3N2O4. The average Bonchev–Trinajstić information content (AvgIpc) is 3.38. The van der Waals surface area contributed by atoms with Crippen LogP contribution >= 0.6 is 0 Å². The maximum absolute atomic E-state index is 13.7. The Morgan fingerprint density at radius 3 is 2.22 bits per heavy atom. The lowest BCUT2D eigenvalue weighted by Gasteiger charge is -2.45. The first-order valence-corrected chi connectivity index (χ1v) is 12.6. The van der Waals surface area contributed by atoms with E-state index in [0.717, 1.165) is 16.9 Å². The number of benzene rings is 2. The van der Waals surface area contributed by atoms with E-state index >= 15 is 0 Å². The molecule has 0 radical (unpaired) electrons. The van der Waals surface area contributed by atoms with E-state index in [9.17, 15) is 22.8 Å². The average molecular weight is 519 g/mol. The summed E-state index contributed by atoms with van der Waals surface area (Å²) in [5, 5.41) is 0. The van der Waals surface area contributed by atoms with Crippen molar-refractivity contribution in [2.75, 3.05) is 33.4 Å². The first-order chi connectivity index (χ1) is 17.7. The van der Waals surface area contributed by atoms with Crippen LogP contribution in [0.1, 0.15) is 43.6 Å². The van der Waals surface area contributed by atoms with Gasteiger partial charge in [-0.1, -0.05) is 48.5 Å². The number of piperidine rings is 1. The quantitative estimate of drug-likeness (QED) is 0.476. The Kier molecular flexibility index (Phi) is 8.42. The number of para-hydroxylation sites is 1. The van der Waals surface area contributed by atoms with Crippen molar-refractivity contribution in [2.24, 2.45) is 5.41 Å². The van der Waals surface area contributed by atoms with Crippen molar-refractivity contribution in [1.82, 2.24) is 9.80 Å². The number of hydrogen-bond donors (Lipinski definition) is 0. The van der Waals surface area contributed by atoms with Gasteiger partial charge in [-0.15, -0.1) is 0 Å². The zero-order chi connectivity index (χ0) is 26.5. The van der Waals surface area contributed by atoms with Crippen molar-refractivity contribution in [3.8, 4) is 5.75 Å². The van der Waals surface area contributed by atoms with Crippen LogP contribution in [0.15, 0.2) is 60.7 Å². The summed E-state index contributed by atoms with van der Waals surface area (Å²) in [7, 11) is 1.51. The topological polar surface area (TPSA) is 59.1 Å². The minimum Gasteiger partial charge on any atom is -0.410 e. The smallest absolute Gasteiger partial charge is 0.410 e. The molecule has 1 aliphatic carbocycles. The van der Waals surface area contributed by atoms with Gasteiger partial charge < -0.3 is 19.3 Å². The molecule has 1 aliphatic heterocycles. The molecule has 0 N–H and O–H groups in total. The Balaban J connectivity index is 1.47. The Hall–Kier alpha value is -3.07. The summed E-state index contributed by atoms with van der Waals surface area (Å²) in [6, 6.07) is 17.9. The van der Waals surface area contributed by atoms with Crippen LogP contribution in [0.5, 0.6) is 5.75 Å². The minimum absolute atomic E-state index is 0.0626. The number of ether oxygens (including phenoxy) is 2. The van der Waals surface area contributed by atoms with Gasteiger partial charge in [-0.25, -0.2) is 4.79 Å². The number of nitrogens with zero attached hydrogens (tertiary/aromatic N) is 2. The number of carbonyl (C=O) groups excluding carboxylic acids is 2. The highest BCUT2D eigenvalue weighted by Gasteiger charge is 2.49. The van der Waals surface area contributed by atoms with Gasteiger partial charge in [-0.3, -0.25) is 4.79 Å². The van der Waals surface area contributed by atoms with Gasteiger partial charge in [0.05, 0.1) is 6.61 Å². The van der Waals surface area contributed by atoms with Crippen LogP contribution < -0.4 is 4.74 Å². The van der Waals surface area contributed by atoms with E-state index in [1.54, 1.807) is 29.2 Å². The zero-order valence-electron chi connectivity index (χ0n) is 21.0. The van der Waals surface area contributed by atoms with E-state index in [2.05, 4.69) is 0 Å². The summed E-state index contributed by atoms with van der Waals surface area (Å²) >= 11 is 0. The summed E-state index contributed by atoms with van der Waals surface area (Å²) in [6.07, 6.45) is -2.92. The van der Waals surface area contributed by atoms with Gasteiger partial charge in [0.15, 0.2) is 0 Å². The van der Waals surface area contributed by atoms with Crippen LogP contribution in [0.25, 0.3) is 0 Å². The summed E-state index contributed by atoms with van der Waals surface area (Å²) in [6.45, 7) is 0.749. The van der Waals surface area contributed by atoms with Crippen molar-refractivity contribution in [2.45, 2.75) is 50.2 Å². The molecule has 2 atom stereocenters. The molecule has 2 fully saturated rings. The highest BCUT2D eigenvalue weighted by atomic mass is 19.4. The van der Waals surface area contributed by atoms with E-state index in [0.29, 0.717) is 44.5 Å². The molecule has 37 heavy (non-hydrogen) atoms. The normalized spacial score (nSPS) is 21.5. The number of amides is 2. The summed E-state index contributed by atoms with van der Waals surface area (Å²) in [5.41, 5.74) is 0.394. The lowest BCUT2D eigenvalue weighted by Crippen LogP contribution is -2.55. The van der Waals surface area contributed by atoms with Crippen molar-refractivity contribution in [3.63, 3.8) is 0 Å². The molecule has 6 nitrogen and oxygen atoms in total. The van der Waals surface area contributed by atoms with Gasteiger partial charge in [-0.2, -0.15) is 13.2 Å². The minimum atomic E-state index is -4.96. The molecule has 0 bridgehead atoms. The second kappa shape index (κ2) is 11.5. The molecule has 0 spiro atoms. The van der Waals surface area contributed by atoms with Crippen LogP contribution in [-0.2, 0) is 9.53 Å². The maximum atomic E-state index is 13.7. The number of likely N-dealkylation sites (tertiary alicyclic amines) is 1. The van der Waals surface area contributed by atoms with Crippen molar-refractivity contribution in [1.29, 1.82) is 0 Å². The SMILES string of the molecule is COCC1(CN(C(=O)C(F)(F)F)C2CCC(c3ccccc3)C2)CCN(C(=O)Oc2ccccc2)CC1. The molecule has 9 heteroatoms. The fourth-order valence-corrected chi connectivity index (χ4v) is 5.63. The Labute approximate surface area is 215 Å². The second-order valence-electron chi connectivity index (χ2n) is 10.1. The first-order valence-electron chi connectivity index (χ1n) is 12.6. The highest BCUT2D eigenvalue weighted by molar-refractivity contribution is 5.82. The van der Waals surface area contributed by atoms with E-state index in [-0.39, 0.29) is 19.1 Å². The van der Waals surface area contributed by atoms with Gasteiger partial charge in [0, 0.05) is 38.2 Å². The molecule has 2 unspecified atom stereocenters. The molecule has 2 aromatic rings. The second-order valence-corrected chi connectivity index (χ2v) is 10.1. The van der Waals surface area contributed by atoms with Crippen LogP contribution in [0.4, 0.5) is 18.0 Å². The molecule has 2 aliphatic rings. The third kappa shape index (κ3) is 6.63. The number of carbonyl (C=O) groups is 2. The molecule has 200 valence electrons. The zero-order valence-corrected chi connectivity index (χ0v) is 21.0. The molecular weight excluding hydrogens is 485 g/mol. The van der Waals surface area contributed by atoms with Crippen molar-refractivity contribution in [3.05, 3.63) is 66.2 Å². The number of hydrogen-bond acceptors (Lipinski definition) is 4. The molecule has 4 rings (SSSR count). The molecule has 2 aromatic carbocycles. The van der Waals surface area contributed by atoms with Gasteiger partial charge in [0.25, 0.3) is 0 Å². The van der Waals surface area contributed by atoms with E-state index in [4.69, 9.17) is 9.47 Å². The fourth-order valence-electron chi connectivity index (χ4n) is 5.63. The maximum Gasteiger partial charge on any atom is 0.471 e. The van der Waals surface area contributed by atoms with Crippen LogP contribution in [0, 0.1) is 5.41 Å². The van der Waals surface area contributed by atoms with E-state index < -0.39 is 29.6 Å². The number of rotatable bonds is 7. The van der Waals surface area contributed by atoms with E-state index in [1.165, 1.54) is 7.11 Å². The van der Waals surface area contributed by atoms with Gasteiger partial charge >= 0.3 is 18.2 Å². The third-order valence-electron chi connectivity index (χ3n) is 7.61. The van der Waals surface area contributed by atoms with E-state index in [1.807, 2.05) is 36.4 Å². The van der Waals surface area contributed by atoms with Crippen LogP contribution in [-0.4, -0.2) is 67.4 Å². The van der Waals surface area contributed by atoms with Crippen molar-refractivity contribution < 1.29 is 32.2 Å². The highest BCUT2D eigenvalue weighted by Crippen LogP contribution is 2.41. The molecule has 1 saturated carbocycles. The number of alkyl halides is 3. The standard InChI is InChI=1S/C28H33F3N2O4/c1-36-20-27(14-16-32(17-15-27)26(35)37-24-10-6-3-7-11-24)19-33(25(34)28(29,30)31)23-13-12-22(18-23)21-8-4-2-5-9-21/h2-11,22-23H,12-20H2,1H3. The summed E-state index contributed by atoms with van der Waals surface area (Å²) < 4.78 is 52.0. The van der Waals surface area contributed by atoms with Gasteiger partial charge in [-0.05, 0) is 55.7 Å². The number of halogens is 3. The third-order valence-corrected chi connectivity index (χ3v) is 7.61. The largest absolute Gasteiger partial charge is 0.471 e. The molecule has 0 aromatic heterocycles. The summed E-state index contributed by atoms with van der Waals surface area (Å²) in [4.78, 5) is 27.9. The van der Waals surface area contributed by atoms with Gasteiger partial charge in [0.2, 0.25) is 0 Å². The predicted molar refractivity (Wildman–Crippen MR) is 132 cm³/mol. The van der Waals surface area contributed by atoms with Crippen molar-refractivity contribution >= 4 is 12.0 Å². The Morgan fingerprint density at radius 2 is 1.62 bits per heavy atom. The molecule has 2 amide bonds. The Morgan fingerprint density at radius 1 is 1.00 bits per heavy atom. The van der Waals surface area contributed by atoms with Crippen LogP contribution in [0.2, 0.25) is 0 Å². The van der Waals surface area contributed by atoms with Crippen LogP contribution in [0.3, 0.4) is 0 Å². The summed E-state index contributed by atoms with van der Waals surface area (Å²) in [5.74, 6) is -1.26. The number of methoxy groups -OCH3 is 1. The molecule has 1 saturated heterocycles. The van der Waals surface area contributed by atoms with Gasteiger partial charge in [0.1, 0.15) is 5.75 Å². The fraction of sp³-hybridized carbons (Fsp3) is 0.500.